The molecule has 0 fully saturated rings. The lowest BCUT2D eigenvalue weighted by Crippen LogP contribution is -2.22. The minimum atomic E-state index is 0.136. The molecule has 3 nitrogen and oxygen atoms in total. The normalized spacial score (nSPS) is 11.0. The van der Waals surface area contributed by atoms with Gasteiger partial charge in [0.25, 0.3) is 0 Å². The second kappa shape index (κ2) is 8.07. The summed E-state index contributed by atoms with van der Waals surface area (Å²) in [6.45, 7) is 5.39. The Bertz CT molecular complexity index is 823. The first kappa shape index (κ1) is 18.0. The van der Waals surface area contributed by atoms with Gasteiger partial charge in [0.05, 0.1) is 0 Å². The Morgan fingerprint density at radius 1 is 0.769 bits per heavy atom. The molecule has 0 aliphatic heterocycles. The van der Waals surface area contributed by atoms with E-state index in [2.05, 4.69) is 17.4 Å². The van der Waals surface area contributed by atoms with Crippen LogP contribution in [0, 0.1) is 13.8 Å². The van der Waals surface area contributed by atoms with Crippen molar-refractivity contribution in [1.82, 2.24) is 5.32 Å². The van der Waals surface area contributed by atoms with Crippen LogP contribution in [0.3, 0.4) is 0 Å². The number of phenols is 2. The average molecular weight is 347 g/mol. The zero-order chi connectivity index (χ0) is 18.5. The van der Waals surface area contributed by atoms with Gasteiger partial charge < -0.3 is 15.5 Å². The molecule has 3 aromatic rings. The standard InChI is InChI=1S/C23H25NO2/c1-16-12-19(8-10-22(16)25)21(20-9-11-23(26)17(2)13-20)15-24-14-18-6-4-3-5-7-18/h3-13,21,24-26H,14-15H2,1-2H3. The molecule has 0 atom stereocenters. The molecule has 0 heterocycles. The van der Waals surface area contributed by atoms with Crippen LogP contribution in [-0.4, -0.2) is 16.8 Å². The fourth-order valence-electron chi connectivity index (χ4n) is 3.18. The number of aryl methyl sites for hydroxylation is 2. The molecule has 3 aromatic carbocycles. The first-order chi connectivity index (χ1) is 12.5. The summed E-state index contributed by atoms with van der Waals surface area (Å²) < 4.78 is 0. The first-order valence-electron chi connectivity index (χ1n) is 8.88. The number of rotatable bonds is 6. The third kappa shape index (κ3) is 4.24. The van der Waals surface area contributed by atoms with Crippen molar-refractivity contribution in [3.63, 3.8) is 0 Å². The summed E-state index contributed by atoms with van der Waals surface area (Å²) in [7, 11) is 0. The molecule has 0 aliphatic rings. The van der Waals surface area contributed by atoms with E-state index in [1.54, 1.807) is 12.1 Å². The highest BCUT2D eigenvalue weighted by Crippen LogP contribution is 2.30. The zero-order valence-electron chi connectivity index (χ0n) is 15.2. The van der Waals surface area contributed by atoms with Gasteiger partial charge >= 0.3 is 0 Å². The van der Waals surface area contributed by atoms with Crippen LogP contribution in [0.1, 0.15) is 33.7 Å². The fourth-order valence-corrected chi connectivity index (χ4v) is 3.18. The summed E-state index contributed by atoms with van der Waals surface area (Å²) in [6, 6.07) is 21.8. The van der Waals surface area contributed by atoms with Crippen molar-refractivity contribution in [2.45, 2.75) is 26.3 Å². The van der Waals surface area contributed by atoms with Crippen LogP contribution >= 0.6 is 0 Å². The third-order valence-corrected chi connectivity index (χ3v) is 4.77. The minimum absolute atomic E-state index is 0.136. The molecule has 134 valence electrons. The number of benzene rings is 3. The topological polar surface area (TPSA) is 52.5 Å². The Labute approximate surface area is 155 Å². The lowest BCUT2D eigenvalue weighted by molar-refractivity contribution is 0.470. The van der Waals surface area contributed by atoms with Crippen molar-refractivity contribution in [1.29, 1.82) is 0 Å². The molecular formula is C23H25NO2. The molecule has 0 spiro atoms. The number of hydrogen-bond donors (Lipinski definition) is 3. The Hall–Kier alpha value is -2.78. The van der Waals surface area contributed by atoms with Gasteiger partial charge in [-0.1, -0.05) is 54.6 Å². The Morgan fingerprint density at radius 3 is 1.81 bits per heavy atom. The summed E-state index contributed by atoms with van der Waals surface area (Å²) in [6.07, 6.45) is 0. The lowest BCUT2D eigenvalue weighted by Gasteiger charge is -2.20. The van der Waals surface area contributed by atoms with Crippen molar-refractivity contribution in [2.24, 2.45) is 0 Å². The Morgan fingerprint density at radius 2 is 1.31 bits per heavy atom. The van der Waals surface area contributed by atoms with E-state index in [-0.39, 0.29) is 5.92 Å². The third-order valence-electron chi connectivity index (χ3n) is 4.77. The molecule has 0 unspecified atom stereocenters. The predicted octanol–water partition coefficient (Wildman–Crippen LogP) is 4.64. The highest BCUT2D eigenvalue weighted by atomic mass is 16.3. The molecule has 3 rings (SSSR count). The quantitative estimate of drug-likeness (QED) is 0.609. The van der Waals surface area contributed by atoms with Crippen molar-refractivity contribution < 1.29 is 10.2 Å². The molecule has 0 saturated carbocycles. The van der Waals surface area contributed by atoms with Crippen LogP contribution in [0.4, 0.5) is 0 Å². The van der Waals surface area contributed by atoms with E-state index in [0.717, 1.165) is 35.3 Å². The van der Waals surface area contributed by atoms with Gasteiger partial charge in [0.2, 0.25) is 0 Å². The van der Waals surface area contributed by atoms with Crippen LogP contribution in [0.25, 0.3) is 0 Å². The maximum absolute atomic E-state index is 9.85. The van der Waals surface area contributed by atoms with Crippen LogP contribution in [-0.2, 0) is 6.54 Å². The summed E-state index contributed by atoms with van der Waals surface area (Å²) in [5.74, 6) is 0.760. The maximum Gasteiger partial charge on any atom is 0.118 e. The highest BCUT2D eigenvalue weighted by molar-refractivity contribution is 5.43. The molecule has 26 heavy (non-hydrogen) atoms. The smallest absolute Gasteiger partial charge is 0.118 e. The Kier molecular flexibility index (Phi) is 5.59. The van der Waals surface area contributed by atoms with E-state index in [0.29, 0.717) is 11.5 Å². The fraction of sp³-hybridized carbons (Fsp3) is 0.217. The van der Waals surface area contributed by atoms with E-state index in [9.17, 15) is 10.2 Å². The molecular weight excluding hydrogens is 322 g/mol. The minimum Gasteiger partial charge on any atom is -0.508 e. The van der Waals surface area contributed by atoms with Crippen molar-refractivity contribution in [3.05, 3.63) is 94.5 Å². The monoisotopic (exact) mass is 347 g/mol. The molecule has 0 saturated heterocycles. The van der Waals surface area contributed by atoms with Gasteiger partial charge in [-0.3, -0.25) is 0 Å². The molecule has 3 heteroatoms. The SMILES string of the molecule is Cc1cc(C(CNCc2ccccc2)c2ccc(O)c(C)c2)ccc1O. The molecule has 0 aliphatic carbocycles. The molecule has 0 amide bonds. The zero-order valence-corrected chi connectivity index (χ0v) is 15.2. The highest BCUT2D eigenvalue weighted by Gasteiger charge is 2.16. The largest absolute Gasteiger partial charge is 0.508 e. The van der Waals surface area contributed by atoms with E-state index < -0.39 is 0 Å². The second-order valence-electron chi connectivity index (χ2n) is 6.76. The van der Waals surface area contributed by atoms with Crippen LogP contribution in [0.15, 0.2) is 66.7 Å². The molecule has 0 aromatic heterocycles. The van der Waals surface area contributed by atoms with E-state index in [4.69, 9.17) is 0 Å². The van der Waals surface area contributed by atoms with Gasteiger partial charge in [0.1, 0.15) is 11.5 Å². The number of phenolic OH excluding ortho intramolecular Hbond substituents is 2. The number of aromatic hydroxyl groups is 2. The van der Waals surface area contributed by atoms with Gasteiger partial charge in [0, 0.05) is 19.0 Å². The van der Waals surface area contributed by atoms with Crippen LogP contribution in [0.5, 0.6) is 11.5 Å². The van der Waals surface area contributed by atoms with Gasteiger partial charge in [-0.2, -0.15) is 0 Å². The summed E-state index contributed by atoms with van der Waals surface area (Å²) in [5.41, 5.74) is 5.27. The van der Waals surface area contributed by atoms with Crippen molar-refractivity contribution in [3.8, 4) is 11.5 Å². The summed E-state index contributed by atoms with van der Waals surface area (Å²) in [4.78, 5) is 0. The van der Waals surface area contributed by atoms with Gasteiger partial charge in [-0.15, -0.1) is 0 Å². The number of nitrogens with one attached hydrogen (secondary N) is 1. The lowest BCUT2D eigenvalue weighted by atomic mass is 9.89. The first-order valence-corrected chi connectivity index (χ1v) is 8.88. The summed E-state index contributed by atoms with van der Waals surface area (Å²) >= 11 is 0. The summed E-state index contributed by atoms with van der Waals surface area (Å²) in [5, 5.41) is 23.2. The van der Waals surface area contributed by atoms with Crippen molar-refractivity contribution >= 4 is 0 Å². The Balaban J connectivity index is 1.85. The van der Waals surface area contributed by atoms with Gasteiger partial charge in [-0.25, -0.2) is 0 Å². The van der Waals surface area contributed by atoms with E-state index in [1.807, 2.05) is 56.3 Å². The number of hydrogen-bond acceptors (Lipinski definition) is 3. The van der Waals surface area contributed by atoms with Crippen molar-refractivity contribution in [2.75, 3.05) is 6.54 Å². The predicted molar refractivity (Wildman–Crippen MR) is 106 cm³/mol. The van der Waals surface area contributed by atoms with E-state index in [1.165, 1.54) is 5.56 Å². The molecule has 0 radical (unpaired) electrons. The van der Waals surface area contributed by atoms with Gasteiger partial charge in [0.15, 0.2) is 0 Å². The van der Waals surface area contributed by atoms with Crippen LogP contribution in [0.2, 0.25) is 0 Å². The molecule has 3 N–H and O–H groups in total. The second-order valence-corrected chi connectivity index (χ2v) is 6.76. The van der Waals surface area contributed by atoms with E-state index >= 15 is 0 Å². The van der Waals surface area contributed by atoms with Gasteiger partial charge in [-0.05, 0) is 53.8 Å². The van der Waals surface area contributed by atoms with Crippen LogP contribution < -0.4 is 5.32 Å². The maximum atomic E-state index is 9.85. The average Bonchev–Trinajstić information content (AvgIpc) is 2.65. The molecule has 0 bridgehead atoms.